The van der Waals surface area contributed by atoms with Crippen LogP contribution in [0.2, 0.25) is 0 Å². The maximum Gasteiger partial charge on any atom is 0.335 e. The zero-order valence-electron chi connectivity index (χ0n) is 9.99. The van der Waals surface area contributed by atoms with E-state index in [2.05, 4.69) is 0 Å². The van der Waals surface area contributed by atoms with Gasteiger partial charge in [0.1, 0.15) is 11.5 Å². The summed E-state index contributed by atoms with van der Waals surface area (Å²) in [6.45, 7) is 0. The number of ether oxygens (including phenoxy) is 1. The van der Waals surface area contributed by atoms with Crippen molar-refractivity contribution in [3.63, 3.8) is 0 Å². The van der Waals surface area contributed by atoms with Crippen molar-refractivity contribution >= 4 is 25.7 Å². The normalized spacial score (nSPS) is 11.1. The largest absolute Gasteiger partial charge is 0.478 e. The van der Waals surface area contributed by atoms with E-state index >= 15 is 0 Å². The van der Waals surface area contributed by atoms with Gasteiger partial charge in [0.15, 0.2) is 0 Å². The summed E-state index contributed by atoms with van der Waals surface area (Å²) in [4.78, 5) is 10.7. The Hall–Kier alpha value is -2.05. The van der Waals surface area contributed by atoms with Crippen LogP contribution in [0.1, 0.15) is 10.4 Å². The average Bonchev–Trinajstić information content (AvgIpc) is 2.39. The molecule has 7 heteroatoms. The molecule has 0 aliphatic heterocycles. The fourth-order valence-corrected chi connectivity index (χ4v) is 2.24. The van der Waals surface area contributed by atoms with Gasteiger partial charge in [0.05, 0.1) is 10.5 Å². The van der Waals surface area contributed by atoms with Gasteiger partial charge in [-0.3, -0.25) is 0 Å². The Labute approximate surface area is 119 Å². The summed E-state index contributed by atoms with van der Waals surface area (Å²) < 4.78 is 27.6. The van der Waals surface area contributed by atoms with E-state index in [9.17, 15) is 13.2 Å². The first-order chi connectivity index (χ1) is 9.36. The number of carbonyl (C=O) groups is 1. The number of halogens is 1. The standard InChI is InChI=1S/C13H9ClO5S/c14-20(17,18)12-7-5-11(6-8-12)19-10-3-1-9(2-4-10)13(15)16/h1-8H,(H,15,16). The summed E-state index contributed by atoms with van der Waals surface area (Å²) in [5.41, 5.74) is 0.154. The van der Waals surface area contributed by atoms with Gasteiger partial charge < -0.3 is 9.84 Å². The van der Waals surface area contributed by atoms with Gasteiger partial charge in [0, 0.05) is 10.7 Å². The van der Waals surface area contributed by atoms with E-state index in [4.69, 9.17) is 20.5 Å². The Balaban J connectivity index is 2.16. The summed E-state index contributed by atoms with van der Waals surface area (Å²) in [5, 5.41) is 8.76. The molecule has 0 aromatic heterocycles. The highest BCUT2D eigenvalue weighted by Crippen LogP contribution is 2.24. The van der Waals surface area contributed by atoms with Gasteiger partial charge in [-0.15, -0.1) is 0 Å². The Bertz CT molecular complexity index is 720. The quantitative estimate of drug-likeness (QED) is 0.877. The lowest BCUT2D eigenvalue weighted by Gasteiger charge is -2.06. The van der Waals surface area contributed by atoms with Crippen LogP contribution in [0, 0.1) is 0 Å². The predicted octanol–water partition coefficient (Wildman–Crippen LogP) is 3.10. The molecule has 0 saturated carbocycles. The molecule has 20 heavy (non-hydrogen) atoms. The van der Waals surface area contributed by atoms with Crippen molar-refractivity contribution in [2.75, 3.05) is 0 Å². The van der Waals surface area contributed by atoms with Crippen LogP contribution in [0.5, 0.6) is 11.5 Å². The van der Waals surface area contributed by atoms with Crippen LogP contribution in [0.15, 0.2) is 53.4 Å². The van der Waals surface area contributed by atoms with Crippen molar-refractivity contribution < 1.29 is 23.1 Å². The minimum Gasteiger partial charge on any atom is -0.478 e. The van der Waals surface area contributed by atoms with Crippen LogP contribution >= 0.6 is 10.7 Å². The molecule has 0 radical (unpaired) electrons. The predicted molar refractivity (Wildman–Crippen MR) is 73.0 cm³/mol. The van der Waals surface area contributed by atoms with Crippen LogP contribution in [-0.4, -0.2) is 19.5 Å². The molecule has 0 atom stereocenters. The highest BCUT2D eigenvalue weighted by atomic mass is 35.7. The molecule has 0 aliphatic rings. The molecule has 2 rings (SSSR count). The molecular formula is C13H9ClO5S. The number of hydrogen-bond acceptors (Lipinski definition) is 4. The fraction of sp³-hybridized carbons (Fsp3) is 0. The number of carboxylic acid groups (broad SMARTS) is 1. The molecule has 5 nitrogen and oxygen atoms in total. The zero-order chi connectivity index (χ0) is 14.8. The van der Waals surface area contributed by atoms with Crippen LogP contribution in [-0.2, 0) is 9.05 Å². The maximum absolute atomic E-state index is 11.1. The zero-order valence-corrected chi connectivity index (χ0v) is 11.6. The molecule has 2 aromatic rings. The lowest BCUT2D eigenvalue weighted by molar-refractivity contribution is 0.0697. The summed E-state index contributed by atoms with van der Waals surface area (Å²) in [5.74, 6) is -0.165. The minimum absolute atomic E-state index is 0.0206. The summed E-state index contributed by atoms with van der Waals surface area (Å²) in [6.07, 6.45) is 0. The topological polar surface area (TPSA) is 80.7 Å². The second-order valence-electron chi connectivity index (χ2n) is 3.84. The van der Waals surface area contributed by atoms with E-state index in [1.165, 1.54) is 48.5 Å². The van der Waals surface area contributed by atoms with Crippen molar-refractivity contribution in [1.82, 2.24) is 0 Å². The van der Waals surface area contributed by atoms with Crippen molar-refractivity contribution in [3.05, 3.63) is 54.1 Å². The van der Waals surface area contributed by atoms with Gasteiger partial charge in [0.25, 0.3) is 9.05 Å². The summed E-state index contributed by atoms with van der Waals surface area (Å²) in [7, 11) is 1.44. The lowest BCUT2D eigenvalue weighted by atomic mass is 10.2. The second-order valence-corrected chi connectivity index (χ2v) is 6.41. The van der Waals surface area contributed by atoms with Crippen molar-refractivity contribution in [2.24, 2.45) is 0 Å². The number of benzene rings is 2. The molecule has 0 amide bonds. The highest BCUT2D eigenvalue weighted by molar-refractivity contribution is 8.13. The molecule has 2 aromatic carbocycles. The molecule has 0 unspecified atom stereocenters. The van der Waals surface area contributed by atoms with E-state index < -0.39 is 15.0 Å². The molecule has 104 valence electrons. The van der Waals surface area contributed by atoms with E-state index in [0.717, 1.165) is 0 Å². The van der Waals surface area contributed by atoms with Gasteiger partial charge in [-0.1, -0.05) is 0 Å². The third-order valence-electron chi connectivity index (χ3n) is 2.44. The van der Waals surface area contributed by atoms with E-state index in [0.29, 0.717) is 11.5 Å². The lowest BCUT2D eigenvalue weighted by Crippen LogP contribution is -1.95. The maximum atomic E-state index is 11.1. The van der Waals surface area contributed by atoms with Crippen molar-refractivity contribution in [3.8, 4) is 11.5 Å². The molecule has 0 fully saturated rings. The third-order valence-corrected chi connectivity index (χ3v) is 3.81. The van der Waals surface area contributed by atoms with Gasteiger partial charge in [-0.05, 0) is 48.5 Å². The van der Waals surface area contributed by atoms with E-state index in [1.54, 1.807) is 0 Å². The monoisotopic (exact) mass is 312 g/mol. The first-order valence-electron chi connectivity index (χ1n) is 5.42. The molecule has 0 heterocycles. The Kier molecular flexibility index (Phi) is 3.96. The Morgan fingerprint density at radius 1 is 0.950 bits per heavy atom. The smallest absolute Gasteiger partial charge is 0.335 e. The highest BCUT2D eigenvalue weighted by Gasteiger charge is 2.09. The minimum atomic E-state index is -3.76. The van der Waals surface area contributed by atoms with Crippen molar-refractivity contribution in [1.29, 1.82) is 0 Å². The first kappa shape index (κ1) is 14.4. The van der Waals surface area contributed by atoms with Crippen LogP contribution in [0.4, 0.5) is 0 Å². The third kappa shape index (κ3) is 3.49. The number of aromatic carboxylic acids is 1. The molecule has 0 spiro atoms. The summed E-state index contributed by atoms with van der Waals surface area (Å²) >= 11 is 0. The Morgan fingerprint density at radius 2 is 1.40 bits per heavy atom. The molecule has 0 saturated heterocycles. The first-order valence-corrected chi connectivity index (χ1v) is 7.73. The van der Waals surface area contributed by atoms with Crippen molar-refractivity contribution in [2.45, 2.75) is 4.90 Å². The fourth-order valence-electron chi connectivity index (χ4n) is 1.47. The summed E-state index contributed by atoms with van der Waals surface area (Å²) in [6, 6.07) is 11.4. The SMILES string of the molecule is O=C(O)c1ccc(Oc2ccc(S(=O)(=O)Cl)cc2)cc1. The van der Waals surface area contributed by atoms with Crippen LogP contribution < -0.4 is 4.74 Å². The second kappa shape index (κ2) is 5.52. The van der Waals surface area contributed by atoms with Gasteiger partial charge >= 0.3 is 5.97 Å². The van der Waals surface area contributed by atoms with E-state index in [1.807, 2.05) is 0 Å². The van der Waals surface area contributed by atoms with Gasteiger partial charge in [0.2, 0.25) is 0 Å². The van der Waals surface area contributed by atoms with Gasteiger partial charge in [-0.25, -0.2) is 13.2 Å². The number of hydrogen-bond donors (Lipinski definition) is 1. The molecule has 1 N–H and O–H groups in total. The molecule has 0 bridgehead atoms. The van der Waals surface area contributed by atoms with E-state index in [-0.39, 0.29) is 10.5 Å². The Morgan fingerprint density at radius 3 is 1.80 bits per heavy atom. The number of rotatable bonds is 4. The van der Waals surface area contributed by atoms with Gasteiger partial charge in [-0.2, -0.15) is 0 Å². The van der Waals surface area contributed by atoms with Crippen LogP contribution in [0.3, 0.4) is 0 Å². The average molecular weight is 313 g/mol. The molecule has 0 aliphatic carbocycles. The van der Waals surface area contributed by atoms with Crippen LogP contribution in [0.25, 0.3) is 0 Å². The number of carboxylic acids is 1. The molecular weight excluding hydrogens is 304 g/mol.